The van der Waals surface area contributed by atoms with Gasteiger partial charge in [-0.25, -0.2) is 4.39 Å². The fourth-order valence-corrected chi connectivity index (χ4v) is 0.977. The lowest BCUT2D eigenvalue weighted by molar-refractivity contribution is 0.101. The van der Waals surface area contributed by atoms with E-state index in [1.807, 2.05) is 0 Å². The number of phenolic OH excluding ortho intramolecular Hbond substituents is 1. The number of Topliss-reactive ketones (excluding diaryl/α,β-unsaturated/α-hetero) is 1. The summed E-state index contributed by atoms with van der Waals surface area (Å²) in [5.74, 6) is -2.04. The van der Waals surface area contributed by atoms with Crippen molar-refractivity contribution in [2.45, 2.75) is 6.92 Å². The summed E-state index contributed by atoms with van der Waals surface area (Å²) in [5.41, 5.74) is -0.0584. The van der Waals surface area contributed by atoms with E-state index in [9.17, 15) is 9.18 Å². The van der Waals surface area contributed by atoms with Gasteiger partial charge in [-0.1, -0.05) is 11.6 Å². The number of carbonyl (C=O) groups excluding carboxylic acids is 1. The average Bonchev–Trinajstić information content (AvgIpc) is 2.00. The molecule has 0 aromatic heterocycles. The highest BCUT2D eigenvalue weighted by atomic mass is 35.5. The number of aromatic hydroxyl groups is 1. The van der Waals surface area contributed by atoms with Crippen molar-refractivity contribution >= 4 is 17.4 Å². The first-order chi connectivity index (χ1) is 5.54. The van der Waals surface area contributed by atoms with Crippen molar-refractivity contribution in [3.8, 4) is 5.75 Å². The van der Waals surface area contributed by atoms with Crippen LogP contribution >= 0.6 is 11.6 Å². The Morgan fingerprint density at radius 1 is 1.58 bits per heavy atom. The van der Waals surface area contributed by atoms with Crippen LogP contribution in [-0.2, 0) is 0 Å². The maximum atomic E-state index is 12.8. The molecule has 0 radical (unpaired) electrons. The molecule has 1 aromatic carbocycles. The zero-order valence-corrected chi connectivity index (χ0v) is 7.02. The molecule has 12 heavy (non-hydrogen) atoms. The van der Waals surface area contributed by atoms with Crippen molar-refractivity contribution in [3.63, 3.8) is 0 Å². The van der Waals surface area contributed by atoms with Crippen molar-refractivity contribution < 1.29 is 14.3 Å². The van der Waals surface area contributed by atoms with E-state index in [1.54, 1.807) is 0 Å². The van der Waals surface area contributed by atoms with E-state index in [1.165, 1.54) is 19.1 Å². The van der Waals surface area contributed by atoms with Gasteiger partial charge in [-0.15, -0.1) is 0 Å². The molecule has 0 heterocycles. The molecule has 0 aliphatic carbocycles. The van der Waals surface area contributed by atoms with Crippen LogP contribution in [0.25, 0.3) is 0 Å². The number of hydrogen-bond donors (Lipinski definition) is 1. The van der Waals surface area contributed by atoms with E-state index in [4.69, 9.17) is 16.7 Å². The molecule has 0 saturated carbocycles. The fraction of sp³-hybridized carbons (Fsp3) is 0.125. The van der Waals surface area contributed by atoms with E-state index < -0.39 is 17.3 Å². The monoisotopic (exact) mass is 188 g/mol. The minimum absolute atomic E-state index is 0.0584. The van der Waals surface area contributed by atoms with Crippen molar-refractivity contribution in [2.24, 2.45) is 0 Å². The maximum absolute atomic E-state index is 12.8. The highest BCUT2D eigenvalue weighted by Gasteiger charge is 2.13. The second kappa shape index (κ2) is 3.11. The highest BCUT2D eigenvalue weighted by Crippen LogP contribution is 2.27. The van der Waals surface area contributed by atoms with E-state index in [2.05, 4.69) is 0 Å². The van der Waals surface area contributed by atoms with E-state index in [0.717, 1.165) is 0 Å². The fourth-order valence-electron chi connectivity index (χ4n) is 0.824. The van der Waals surface area contributed by atoms with Gasteiger partial charge in [0.25, 0.3) is 0 Å². The molecular formula is C8H6ClFO2. The average molecular weight is 189 g/mol. The molecule has 1 aromatic rings. The van der Waals surface area contributed by atoms with Gasteiger partial charge in [0, 0.05) is 0 Å². The van der Waals surface area contributed by atoms with Crippen LogP contribution in [0.3, 0.4) is 0 Å². The normalized spacial score (nSPS) is 9.92. The predicted octanol–water partition coefficient (Wildman–Crippen LogP) is 2.39. The minimum atomic E-state index is -0.954. The molecule has 0 aliphatic rings. The van der Waals surface area contributed by atoms with Crippen LogP contribution in [0.5, 0.6) is 5.75 Å². The second-order valence-corrected chi connectivity index (χ2v) is 2.72. The summed E-state index contributed by atoms with van der Waals surface area (Å²) in [6, 6.07) is 2.51. The van der Waals surface area contributed by atoms with Crippen LogP contribution in [-0.4, -0.2) is 10.9 Å². The van der Waals surface area contributed by atoms with Gasteiger partial charge in [0.2, 0.25) is 0 Å². The van der Waals surface area contributed by atoms with Crippen molar-refractivity contribution in [1.82, 2.24) is 0 Å². The van der Waals surface area contributed by atoms with Crippen LogP contribution < -0.4 is 0 Å². The lowest BCUT2D eigenvalue weighted by atomic mass is 10.1. The molecule has 0 aliphatic heterocycles. The summed E-state index contributed by atoms with van der Waals surface area (Å²) < 4.78 is 12.8. The van der Waals surface area contributed by atoms with Gasteiger partial charge in [-0.2, -0.15) is 0 Å². The third-order valence-electron chi connectivity index (χ3n) is 1.45. The SMILES string of the molecule is CC(=O)c1ccc(Cl)c(F)c1O. The second-order valence-electron chi connectivity index (χ2n) is 2.31. The summed E-state index contributed by atoms with van der Waals surface area (Å²) in [6.07, 6.45) is 0. The van der Waals surface area contributed by atoms with Gasteiger partial charge in [0.05, 0.1) is 10.6 Å². The number of phenols is 1. The molecule has 0 bridgehead atoms. The smallest absolute Gasteiger partial charge is 0.184 e. The van der Waals surface area contributed by atoms with Gasteiger partial charge >= 0.3 is 0 Å². The molecule has 0 saturated heterocycles. The van der Waals surface area contributed by atoms with Gasteiger partial charge in [-0.05, 0) is 19.1 Å². The number of rotatable bonds is 1. The molecule has 2 nitrogen and oxygen atoms in total. The standard InChI is InChI=1S/C8H6ClFO2/c1-4(11)5-2-3-6(9)7(10)8(5)12/h2-3,12H,1H3. The lowest BCUT2D eigenvalue weighted by Gasteiger charge is -2.01. The summed E-state index contributed by atoms with van der Waals surface area (Å²) in [7, 11) is 0. The maximum Gasteiger partial charge on any atom is 0.184 e. The topological polar surface area (TPSA) is 37.3 Å². The lowest BCUT2D eigenvalue weighted by Crippen LogP contribution is -1.94. The number of carbonyl (C=O) groups is 1. The molecule has 4 heteroatoms. The van der Waals surface area contributed by atoms with Crippen LogP contribution in [0.1, 0.15) is 17.3 Å². The molecule has 0 atom stereocenters. The van der Waals surface area contributed by atoms with Gasteiger partial charge in [-0.3, -0.25) is 4.79 Å². The molecule has 64 valence electrons. The summed E-state index contributed by atoms with van der Waals surface area (Å²) in [5, 5.41) is 8.87. The Bertz CT molecular complexity index is 336. The Morgan fingerprint density at radius 2 is 2.17 bits per heavy atom. The predicted molar refractivity (Wildman–Crippen MR) is 43.1 cm³/mol. The third kappa shape index (κ3) is 1.41. The Kier molecular flexibility index (Phi) is 2.33. The molecule has 0 spiro atoms. The molecule has 1 rings (SSSR count). The number of hydrogen-bond acceptors (Lipinski definition) is 2. The zero-order chi connectivity index (χ0) is 9.30. The molecule has 0 fully saturated rings. The largest absolute Gasteiger partial charge is 0.504 e. The van der Waals surface area contributed by atoms with E-state index in [0.29, 0.717) is 0 Å². The quantitative estimate of drug-likeness (QED) is 0.687. The first kappa shape index (κ1) is 9.00. The van der Waals surface area contributed by atoms with Gasteiger partial charge < -0.3 is 5.11 Å². The first-order valence-electron chi connectivity index (χ1n) is 3.22. The Morgan fingerprint density at radius 3 is 2.67 bits per heavy atom. The summed E-state index contributed by atoms with van der Waals surface area (Å²) >= 11 is 5.34. The summed E-state index contributed by atoms with van der Waals surface area (Å²) in [4.78, 5) is 10.8. The van der Waals surface area contributed by atoms with Crippen LogP contribution in [0.15, 0.2) is 12.1 Å². The number of benzene rings is 1. The van der Waals surface area contributed by atoms with E-state index >= 15 is 0 Å². The minimum Gasteiger partial charge on any atom is -0.504 e. The van der Waals surface area contributed by atoms with Crippen LogP contribution in [0, 0.1) is 5.82 Å². The molecule has 1 N–H and O–H groups in total. The molecule has 0 unspecified atom stereocenters. The number of halogens is 2. The van der Waals surface area contributed by atoms with Gasteiger partial charge in [0.1, 0.15) is 0 Å². The third-order valence-corrected chi connectivity index (χ3v) is 1.74. The summed E-state index contributed by atoms with van der Waals surface area (Å²) in [6.45, 7) is 1.24. The zero-order valence-electron chi connectivity index (χ0n) is 6.27. The van der Waals surface area contributed by atoms with E-state index in [-0.39, 0.29) is 10.6 Å². The van der Waals surface area contributed by atoms with Crippen LogP contribution in [0.4, 0.5) is 4.39 Å². The highest BCUT2D eigenvalue weighted by molar-refractivity contribution is 6.31. The number of ketones is 1. The van der Waals surface area contributed by atoms with Crippen molar-refractivity contribution in [1.29, 1.82) is 0 Å². The Hall–Kier alpha value is -1.09. The molecule has 0 amide bonds. The van der Waals surface area contributed by atoms with Gasteiger partial charge in [0.15, 0.2) is 17.3 Å². The Labute approximate surface area is 73.6 Å². The Balaban J connectivity index is 3.36. The van der Waals surface area contributed by atoms with Crippen LogP contribution in [0.2, 0.25) is 5.02 Å². The molecular weight excluding hydrogens is 183 g/mol. The first-order valence-corrected chi connectivity index (χ1v) is 3.59. The van der Waals surface area contributed by atoms with Crippen molar-refractivity contribution in [3.05, 3.63) is 28.5 Å². The van der Waals surface area contributed by atoms with Crippen molar-refractivity contribution in [2.75, 3.05) is 0 Å².